The molecule has 3 rings (SSSR count). The first-order chi connectivity index (χ1) is 12.4. The fraction of sp³-hybridized carbons (Fsp3) is 0.353. The van der Waals surface area contributed by atoms with Gasteiger partial charge in [0.05, 0.1) is 25.3 Å². The first-order valence-electron chi connectivity index (χ1n) is 7.95. The van der Waals surface area contributed by atoms with Crippen molar-refractivity contribution in [2.75, 3.05) is 19.7 Å². The summed E-state index contributed by atoms with van der Waals surface area (Å²) in [5.41, 5.74) is -0.599. The van der Waals surface area contributed by atoms with Crippen LogP contribution in [0.15, 0.2) is 36.7 Å². The van der Waals surface area contributed by atoms with Crippen molar-refractivity contribution in [2.45, 2.75) is 19.2 Å². The van der Waals surface area contributed by atoms with Crippen LogP contribution in [0.2, 0.25) is 0 Å². The number of pyridine rings is 2. The van der Waals surface area contributed by atoms with Crippen molar-refractivity contribution in [2.24, 2.45) is 0 Å². The molecule has 0 radical (unpaired) electrons. The molecule has 1 aliphatic rings. The molecule has 0 aliphatic carbocycles. The molecule has 9 heteroatoms. The highest BCUT2D eigenvalue weighted by Gasteiger charge is 2.35. The lowest BCUT2D eigenvalue weighted by atomic mass is 10.1. The number of likely N-dealkylation sites (tertiary alicyclic amines) is 1. The number of halogens is 3. The van der Waals surface area contributed by atoms with Gasteiger partial charge in [-0.15, -0.1) is 0 Å². The van der Waals surface area contributed by atoms with Crippen LogP contribution in [0, 0.1) is 0 Å². The topological polar surface area (TPSA) is 64.5 Å². The molecular weight excluding hydrogens is 351 g/mol. The third-order valence-electron chi connectivity index (χ3n) is 3.74. The summed E-state index contributed by atoms with van der Waals surface area (Å²) in [6.07, 6.45) is -2.41. The van der Waals surface area contributed by atoms with Gasteiger partial charge < -0.3 is 14.4 Å². The van der Waals surface area contributed by atoms with Crippen LogP contribution in [0.5, 0.6) is 11.6 Å². The van der Waals surface area contributed by atoms with Crippen molar-refractivity contribution in [3.05, 3.63) is 47.9 Å². The van der Waals surface area contributed by atoms with Gasteiger partial charge in [-0.05, 0) is 19.1 Å². The fourth-order valence-corrected chi connectivity index (χ4v) is 2.43. The second kappa shape index (κ2) is 7.19. The number of rotatable bonds is 5. The molecule has 1 fully saturated rings. The van der Waals surface area contributed by atoms with Crippen LogP contribution in [0.4, 0.5) is 13.2 Å². The summed E-state index contributed by atoms with van der Waals surface area (Å²) in [5, 5.41) is 0. The monoisotopic (exact) mass is 367 g/mol. The van der Waals surface area contributed by atoms with E-state index in [1.165, 1.54) is 17.2 Å². The van der Waals surface area contributed by atoms with Crippen LogP contribution < -0.4 is 9.47 Å². The Hall–Kier alpha value is -2.84. The summed E-state index contributed by atoms with van der Waals surface area (Å²) in [6.45, 7) is 2.89. The number of carbonyl (C=O) groups is 1. The quantitative estimate of drug-likeness (QED) is 0.813. The Kier molecular flexibility index (Phi) is 4.97. The van der Waals surface area contributed by atoms with E-state index in [1.54, 1.807) is 12.1 Å². The molecule has 0 spiro atoms. The smallest absolute Gasteiger partial charge is 0.433 e. The van der Waals surface area contributed by atoms with Gasteiger partial charge in [0.2, 0.25) is 5.88 Å². The zero-order chi connectivity index (χ0) is 18.7. The Morgan fingerprint density at radius 1 is 1.27 bits per heavy atom. The van der Waals surface area contributed by atoms with Crippen molar-refractivity contribution >= 4 is 5.91 Å². The molecule has 1 amide bonds. The van der Waals surface area contributed by atoms with Crippen LogP contribution in [-0.2, 0) is 6.18 Å². The molecule has 2 aromatic heterocycles. The van der Waals surface area contributed by atoms with Gasteiger partial charge in [0.1, 0.15) is 17.5 Å². The number of alkyl halides is 3. The highest BCUT2D eigenvalue weighted by Crippen LogP contribution is 2.30. The van der Waals surface area contributed by atoms with Crippen molar-refractivity contribution in [3.63, 3.8) is 0 Å². The maximum atomic E-state index is 12.6. The molecular formula is C17H16F3N3O3. The third-order valence-corrected chi connectivity index (χ3v) is 3.74. The molecule has 1 aliphatic heterocycles. The predicted octanol–water partition coefficient (Wildman–Crippen LogP) is 2.80. The minimum absolute atomic E-state index is 0.0761. The van der Waals surface area contributed by atoms with Gasteiger partial charge in [-0.25, -0.2) is 4.98 Å². The third kappa shape index (κ3) is 4.04. The average molecular weight is 367 g/mol. The number of ether oxygens (including phenoxy) is 2. The fourth-order valence-electron chi connectivity index (χ4n) is 2.43. The van der Waals surface area contributed by atoms with E-state index in [0.29, 0.717) is 18.1 Å². The van der Waals surface area contributed by atoms with E-state index in [1.807, 2.05) is 6.92 Å². The first-order valence-corrected chi connectivity index (χ1v) is 7.95. The van der Waals surface area contributed by atoms with Crippen molar-refractivity contribution in [3.8, 4) is 11.6 Å². The molecule has 138 valence electrons. The van der Waals surface area contributed by atoms with Gasteiger partial charge in [-0.3, -0.25) is 9.78 Å². The van der Waals surface area contributed by atoms with Gasteiger partial charge in [-0.1, -0.05) is 0 Å². The standard InChI is InChI=1S/C17H16F3N3O3/c1-2-25-15-4-3-11(8-22-15)16(24)23-9-13(10-23)26-12-5-6-21-14(7-12)17(18,19)20/h3-8,13H,2,9-10H2,1H3. The SMILES string of the molecule is CCOc1ccc(C(=O)N2CC(Oc3ccnc(C(F)(F)F)c3)C2)cn1. The lowest BCUT2D eigenvalue weighted by Crippen LogP contribution is -2.56. The molecule has 0 unspecified atom stereocenters. The molecule has 1 saturated heterocycles. The molecule has 6 nitrogen and oxygen atoms in total. The lowest BCUT2D eigenvalue weighted by Gasteiger charge is -2.39. The van der Waals surface area contributed by atoms with Crippen LogP contribution in [0.3, 0.4) is 0 Å². The van der Waals surface area contributed by atoms with Crippen molar-refractivity contribution in [1.82, 2.24) is 14.9 Å². The van der Waals surface area contributed by atoms with E-state index >= 15 is 0 Å². The van der Waals surface area contributed by atoms with E-state index < -0.39 is 11.9 Å². The summed E-state index contributed by atoms with van der Waals surface area (Å²) >= 11 is 0. The normalized spacial score (nSPS) is 14.7. The molecule has 3 heterocycles. The Morgan fingerprint density at radius 2 is 2.04 bits per heavy atom. The number of carbonyl (C=O) groups excluding carboxylic acids is 1. The van der Waals surface area contributed by atoms with Crippen LogP contribution in [0.25, 0.3) is 0 Å². The maximum absolute atomic E-state index is 12.6. The van der Waals surface area contributed by atoms with E-state index in [9.17, 15) is 18.0 Å². The molecule has 2 aromatic rings. The summed E-state index contributed by atoms with van der Waals surface area (Å²) in [5.74, 6) is 0.297. The predicted molar refractivity (Wildman–Crippen MR) is 85.0 cm³/mol. The van der Waals surface area contributed by atoms with E-state index in [4.69, 9.17) is 9.47 Å². The number of nitrogens with zero attached hydrogens (tertiary/aromatic N) is 3. The lowest BCUT2D eigenvalue weighted by molar-refractivity contribution is -0.141. The highest BCUT2D eigenvalue weighted by molar-refractivity contribution is 5.94. The first kappa shape index (κ1) is 18.0. The van der Waals surface area contributed by atoms with Crippen molar-refractivity contribution in [1.29, 1.82) is 0 Å². The zero-order valence-electron chi connectivity index (χ0n) is 13.9. The maximum Gasteiger partial charge on any atom is 0.433 e. The second-order valence-electron chi connectivity index (χ2n) is 5.64. The Labute approximate surface area is 147 Å². The molecule has 0 bridgehead atoms. The van der Waals surface area contributed by atoms with Gasteiger partial charge >= 0.3 is 6.18 Å². The molecule has 0 N–H and O–H groups in total. The Bertz CT molecular complexity index is 775. The van der Waals surface area contributed by atoms with Gasteiger partial charge in [-0.2, -0.15) is 13.2 Å². The zero-order valence-corrected chi connectivity index (χ0v) is 13.9. The Balaban J connectivity index is 1.55. The van der Waals surface area contributed by atoms with Gasteiger partial charge in [0, 0.05) is 24.5 Å². The summed E-state index contributed by atoms with van der Waals surface area (Å²) in [6, 6.07) is 5.43. The number of amides is 1. The van der Waals surface area contributed by atoms with E-state index in [-0.39, 0.29) is 30.9 Å². The largest absolute Gasteiger partial charge is 0.487 e. The summed E-state index contributed by atoms with van der Waals surface area (Å²) in [7, 11) is 0. The second-order valence-corrected chi connectivity index (χ2v) is 5.64. The minimum Gasteiger partial charge on any atom is -0.487 e. The Morgan fingerprint density at radius 3 is 2.65 bits per heavy atom. The number of aromatic nitrogens is 2. The minimum atomic E-state index is -4.53. The molecule has 0 saturated carbocycles. The van der Waals surface area contributed by atoms with E-state index in [2.05, 4.69) is 9.97 Å². The number of hydrogen-bond donors (Lipinski definition) is 0. The molecule has 0 atom stereocenters. The van der Waals surface area contributed by atoms with Crippen LogP contribution >= 0.6 is 0 Å². The van der Waals surface area contributed by atoms with Gasteiger partial charge in [0.25, 0.3) is 5.91 Å². The van der Waals surface area contributed by atoms with E-state index in [0.717, 1.165) is 12.3 Å². The average Bonchev–Trinajstić information content (AvgIpc) is 2.58. The van der Waals surface area contributed by atoms with Crippen LogP contribution in [-0.4, -0.2) is 46.6 Å². The summed E-state index contributed by atoms with van der Waals surface area (Å²) < 4.78 is 48.6. The molecule has 26 heavy (non-hydrogen) atoms. The molecule has 0 aromatic carbocycles. The highest BCUT2D eigenvalue weighted by atomic mass is 19.4. The summed E-state index contributed by atoms with van der Waals surface area (Å²) in [4.78, 5) is 21.2. The van der Waals surface area contributed by atoms with Gasteiger partial charge in [0.15, 0.2) is 0 Å². The van der Waals surface area contributed by atoms with Crippen molar-refractivity contribution < 1.29 is 27.4 Å². The number of hydrogen-bond acceptors (Lipinski definition) is 5. The van der Waals surface area contributed by atoms with Crippen LogP contribution in [0.1, 0.15) is 23.0 Å².